The van der Waals surface area contributed by atoms with Gasteiger partial charge in [-0.2, -0.15) is 8.78 Å². The summed E-state index contributed by atoms with van der Waals surface area (Å²) in [6.45, 7) is 1.13. The molecule has 0 aliphatic rings. The van der Waals surface area contributed by atoms with Crippen LogP contribution in [0.2, 0.25) is 0 Å². The highest BCUT2D eigenvalue weighted by molar-refractivity contribution is 7.99. The molecule has 0 spiro atoms. The van der Waals surface area contributed by atoms with Gasteiger partial charge < -0.3 is 5.32 Å². The highest BCUT2D eigenvalue weighted by Gasteiger charge is 2.12. The summed E-state index contributed by atoms with van der Waals surface area (Å²) in [5.41, 5.74) is 0. The molecule has 0 unspecified atom stereocenters. The second-order valence-corrected chi connectivity index (χ2v) is 3.12. The Morgan fingerprint density at radius 2 is 2.38 bits per heavy atom. The lowest BCUT2D eigenvalue weighted by atomic mass is 10.6. The molecule has 1 N–H and O–H groups in total. The van der Waals surface area contributed by atoms with E-state index in [4.69, 9.17) is 0 Å². The summed E-state index contributed by atoms with van der Waals surface area (Å²) in [5, 5.41) is 13.4. The van der Waals surface area contributed by atoms with Crippen molar-refractivity contribution < 1.29 is 8.78 Å². The van der Waals surface area contributed by atoms with Crippen molar-refractivity contribution in [2.45, 2.75) is 17.5 Å². The number of likely N-dealkylation sites (N-methyl/N-ethyl adjacent to an activating group) is 1. The normalized spacial score (nSPS) is 11.1. The van der Waals surface area contributed by atoms with E-state index < -0.39 is 5.76 Å². The van der Waals surface area contributed by atoms with Crippen LogP contribution in [0.25, 0.3) is 0 Å². The summed E-state index contributed by atoms with van der Waals surface area (Å²) in [6.07, 6.45) is 0. The maximum absolute atomic E-state index is 11.9. The zero-order valence-corrected chi connectivity index (χ0v) is 7.76. The van der Waals surface area contributed by atoms with Gasteiger partial charge in [-0.05, 0) is 29.2 Å². The van der Waals surface area contributed by atoms with E-state index in [1.165, 1.54) is 4.68 Å². The molecular formula is C5H9F2N5S. The van der Waals surface area contributed by atoms with Gasteiger partial charge in [0, 0.05) is 6.54 Å². The van der Waals surface area contributed by atoms with Crippen molar-refractivity contribution in [1.82, 2.24) is 25.5 Å². The molecule has 0 radical (unpaired) electrons. The van der Waals surface area contributed by atoms with Gasteiger partial charge in [0.1, 0.15) is 0 Å². The van der Waals surface area contributed by atoms with Crippen molar-refractivity contribution in [2.24, 2.45) is 0 Å². The highest BCUT2D eigenvalue weighted by Crippen LogP contribution is 2.21. The Kier molecular flexibility index (Phi) is 4.03. The number of aromatic nitrogens is 4. The minimum absolute atomic E-state index is 0.144. The molecule has 74 valence electrons. The Balaban J connectivity index is 2.55. The van der Waals surface area contributed by atoms with Gasteiger partial charge in [-0.3, -0.25) is 0 Å². The topological polar surface area (TPSA) is 55.6 Å². The molecule has 1 aromatic heterocycles. The first-order chi connectivity index (χ1) is 6.24. The van der Waals surface area contributed by atoms with Crippen LogP contribution in [-0.4, -0.2) is 39.6 Å². The van der Waals surface area contributed by atoms with Gasteiger partial charge >= 0.3 is 0 Å². The van der Waals surface area contributed by atoms with Crippen LogP contribution >= 0.6 is 11.8 Å². The maximum Gasteiger partial charge on any atom is 0.291 e. The number of hydrogen-bond donors (Lipinski definition) is 1. The number of hydrogen-bond acceptors (Lipinski definition) is 5. The van der Waals surface area contributed by atoms with Gasteiger partial charge in [0.25, 0.3) is 5.76 Å². The minimum Gasteiger partial charge on any atom is -0.318 e. The largest absolute Gasteiger partial charge is 0.318 e. The van der Waals surface area contributed by atoms with Gasteiger partial charge in [-0.1, -0.05) is 0 Å². The molecule has 1 rings (SSSR count). The third-order valence-corrected chi connectivity index (χ3v) is 1.95. The summed E-state index contributed by atoms with van der Waals surface area (Å²) in [7, 11) is 1.77. The summed E-state index contributed by atoms with van der Waals surface area (Å²) >= 11 is 0.348. The second kappa shape index (κ2) is 5.07. The number of nitrogens with one attached hydrogen (secondary N) is 1. The van der Waals surface area contributed by atoms with Crippen molar-refractivity contribution in [2.75, 3.05) is 13.6 Å². The molecule has 5 nitrogen and oxygen atoms in total. The summed E-state index contributed by atoms with van der Waals surface area (Å²) in [4.78, 5) is 0. The van der Waals surface area contributed by atoms with Crippen LogP contribution in [-0.2, 0) is 6.54 Å². The van der Waals surface area contributed by atoms with E-state index in [1.807, 2.05) is 0 Å². The molecule has 1 aromatic rings. The molecule has 0 fully saturated rings. The average Bonchev–Trinajstić information content (AvgIpc) is 2.48. The molecule has 0 aliphatic heterocycles. The first-order valence-corrected chi connectivity index (χ1v) is 4.47. The third kappa shape index (κ3) is 3.23. The van der Waals surface area contributed by atoms with Crippen molar-refractivity contribution in [1.29, 1.82) is 0 Å². The molecular weight excluding hydrogens is 200 g/mol. The summed E-state index contributed by atoms with van der Waals surface area (Å²) in [5.74, 6) is -2.49. The Hall–Kier alpha value is -0.760. The summed E-state index contributed by atoms with van der Waals surface area (Å²) in [6, 6.07) is 0. The van der Waals surface area contributed by atoms with Crippen LogP contribution in [0.1, 0.15) is 0 Å². The molecule has 0 aliphatic carbocycles. The van der Waals surface area contributed by atoms with E-state index in [1.54, 1.807) is 7.05 Å². The standard InChI is InChI=1S/C5H9F2N5S/c1-8-2-3-12-5(9-10-11-12)13-4(6)7/h4,8H,2-3H2,1H3. The second-order valence-electron chi connectivity index (χ2n) is 2.17. The fraction of sp³-hybridized carbons (Fsp3) is 0.800. The van der Waals surface area contributed by atoms with Crippen LogP contribution < -0.4 is 5.32 Å². The fourth-order valence-electron chi connectivity index (χ4n) is 0.719. The lowest BCUT2D eigenvalue weighted by molar-refractivity contribution is 0.251. The molecule has 0 amide bonds. The Bertz CT molecular complexity index is 253. The molecule has 1 heterocycles. The van der Waals surface area contributed by atoms with E-state index in [9.17, 15) is 8.78 Å². The zero-order chi connectivity index (χ0) is 9.68. The molecule has 0 saturated carbocycles. The molecule has 8 heteroatoms. The van der Waals surface area contributed by atoms with E-state index in [0.717, 1.165) is 0 Å². The average molecular weight is 209 g/mol. The van der Waals surface area contributed by atoms with Gasteiger partial charge in [0.05, 0.1) is 6.54 Å². The lowest BCUT2D eigenvalue weighted by Gasteiger charge is -2.01. The molecule has 0 aromatic carbocycles. The van der Waals surface area contributed by atoms with E-state index in [2.05, 4.69) is 20.8 Å². The third-order valence-electron chi connectivity index (χ3n) is 1.27. The number of rotatable bonds is 5. The lowest BCUT2D eigenvalue weighted by Crippen LogP contribution is -2.16. The van der Waals surface area contributed by atoms with Crippen molar-refractivity contribution in [3.8, 4) is 0 Å². The predicted octanol–water partition coefficient (Wildman–Crippen LogP) is 0.207. The van der Waals surface area contributed by atoms with Crippen LogP contribution in [0.5, 0.6) is 0 Å². The highest BCUT2D eigenvalue weighted by atomic mass is 32.2. The number of tetrazole rings is 1. The fourth-order valence-corrected chi connectivity index (χ4v) is 1.21. The Labute approximate surface area is 77.9 Å². The maximum atomic E-state index is 11.9. The van der Waals surface area contributed by atoms with Crippen molar-refractivity contribution in [3.05, 3.63) is 0 Å². The van der Waals surface area contributed by atoms with Crippen LogP contribution in [0, 0.1) is 0 Å². The smallest absolute Gasteiger partial charge is 0.291 e. The van der Waals surface area contributed by atoms with Gasteiger partial charge in [0.2, 0.25) is 5.16 Å². The minimum atomic E-state index is -2.49. The quantitative estimate of drug-likeness (QED) is 0.702. The molecule has 13 heavy (non-hydrogen) atoms. The zero-order valence-electron chi connectivity index (χ0n) is 6.94. The first kappa shape index (κ1) is 10.3. The van der Waals surface area contributed by atoms with E-state index in [0.29, 0.717) is 24.9 Å². The predicted molar refractivity (Wildman–Crippen MR) is 43.6 cm³/mol. The number of thioether (sulfide) groups is 1. The van der Waals surface area contributed by atoms with Crippen molar-refractivity contribution >= 4 is 11.8 Å². The molecule has 0 atom stereocenters. The monoisotopic (exact) mass is 209 g/mol. The van der Waals surface area contributed by atoms with Crippen LogP contribution in [0.3, 0.4) is 0 Å². The van der Waals surface area contributed by atoms with Crippen molar-refractivity contribution in [3.63, 3.8) is 0 Å². The van der Waals surface area contributed by atoms with Gasteiger partial charge in [-0.15, -0.1) is 5.10 Å². The Morgan fingerprint density at radius 3 is 3.00 bits per heavy atom. The van der Waals surface area contributed by atoms with E-state index in [-0.39, 0.29) is 5.16 Å². The van der Waals surface area contributed by atoms with Crippen LogP contribution in [0.4, 0.5) is 8.78 Å². The van der Waals surface area contributed by atoms with Gasteiger partial charge in [-0.25, -0.2) is 4.68 Å². The van der Waals surface area contributed by atoms with Gasteiger partial charge in [0.15, 0.2) is 0 Å². The molecule has 0 bridgehead atoms. The summed E-state index contributed by atoms with van der Waals surface area (Å²) < 4.78 is 25.2. The number of alkyl halides is 2. The Morgan fingerprint density at radius 1 is 1.62 bits per heavy atom. The SMILES string of the molecule is CNCCn1nnnc1SC(F)F. The number of nitrogens with zero attached hydrogens (tertiary/aromatic N) is 4. The van der Waals surface area contributed by atoms with Crippen LogP contribution in [0.15, 0.2) is 5.16 Å². The molecule has 0 saturated heterocycles. The number of halogens is 2. The van der Waals surface area contributed by atoms with E-state index >= 15 is 0 Å². The first-order valence-electron chi connectivity index (χ1n) is 3.59.